The number of anilines is 1. The molecule has 0 heterocycles. The Morgan fingerprint density at radius 2 is 1.83 bits per heavy atom. The molecular weight excluding hydrogens is 228 g/mol. The third kappa shape index (κ3) is 3.58. The molecule has 98 valence electrons. The van der Waals surface area contributed by atoms with E-state index in [1.54, 1.807) is 14.0 Å². The van der Waals surface area contributed by atoms with Crippen LogP contribution >= 0.6 is 0 Å². The highest BCUT2D eigenvalue weighted by Gasteiger charge is 2.19. The van der Waals surface area contributed by atoms with Crippen molar-refractivity contribution >= 4 is 17.5 Å². The van der Waals surface area contributed by atoms with Crippen LogP contribution in [0.2, 0.25) is 0 Å². The molecule has 0 bridgehead atoms. The van der Waals surface area contributed by atoms with Gasteiger partial charge in [0.05, 0.1) is 0 Å². The van der Waals surface area contributed by atoms with Crippen LogP contribution in [-0.2, 0) is 16.0 Å². The average molecular weight is 248 g/mol. The molecule has 4 heteroatoms. The highest BCUT2D eigenvalue weighted by atomic mass is 16.2. The van der Waals surface area contributed by atoms with Crippen LogP contribution in [0.15, 0.2) is 24.3 Å². The molecule has 0 saturated heterocycles. The van der Waals surface area contributed by atoms with Crippen molar-refractivity contribution in [2.75, 3.05) is 12.4 Å². The number of carbonyl (C=O) groups excluding carboxylic acids is 2. The number of nitrogens with one attached hydrogen (secondary N) is 1. The van der Waals surface area contributed by atoms with Gasteiger partial charge in [-0.25, -0.2) is 0 Å². The smallest absolute Gasteiger partial charge is 0.246 e. The van der Waals surface area contributed by atoms with Crippen molar-refractivity contribution < 1.29 is 9.59 Å². The average Bonchev–Trinajstić information content (AvgIpc) is 2.37. The number of nitrogens with zero attached hydrogens (tertiary/aromatic N) is 1. The topological polar surface area (TPSA) is 49.4 Å². The van der Waals surface area contributed by atoms with Crippen molar-refractivity contribution in [1.29, 1.82) is 0 Å². The van der Waals surface area contributed by atoms with Gasteiger partial charge in [0.15, 0.2) is 0 Å². The second-order valence-corrected chi connectivity index (χ2v) is 4.35. The van der Waals surface area contributed by atoms with E-state index >= 15 is 0 Å². The van der Waals surface area contributed by atoms with Crippen molar-refractivity contribution in [1.82, 2.24) is 4.90 Å². The molecule has 0 fully saturated rings. The van der Waals surface area contributed by atoms with Crippen LogP contribution in [0.5, 0.6) is 0 Å². The van der Waals surface area contributed by atoms with E-state index in [0.29, 0.717) is 0 Å². The predicted molar refractivity (Wildman–Crippen MR) is 72.4 cm³/mol. The first-order chi connectivity index (χ1) is 8.45. The Kier molecular flexibility index (Phi) is 4.89. The highest BCUT2D eigenvalue weighted by molar-refractivity contribution is 5.96. The van der Waals surface area contributed by atoms with Crippen LogP contribution in [0, 0.1) is 0 Å². The van der Waals surface area contributed by atoms with Gasteiger partial charge in [-0.15, -0.1) is 0 Å². The molecule has 18 heavy (non-hydrogen) atoms. The Hall–Kier alpha value is -1.84. The minimum Gasteiger partial charge on any atom is -0.334 e. The summed E-state index contributed by atoms with van der Waals surface area (Å²) in [6.07, 6.45) is 0.970. The number of benzene rings is 1. The molecule has 2 amide bonds. The Morgan fingerprint density at radius 3 is 2.28 bits per heavy atom. The quantitative estimate of drug-likeness (QED) is 0.886. The standard InChI is InChI=1S/C14H20N2O2/c1-5-12-6-8-13(9-7-12)15-14(18)10(2)16(4)11(3)17/h6-10H,5H2,1-4H3,(H,15,18). The van der Waals surface area contributed by atoms with Crippen molar-refractivity contribution in [2.24, 2.45) is 0 Å². The zero-order valence-electron chi connectivity index (χ0n) is 11.4. The van der Waals surface area contributed by atoms with E-state index in [1.807, 2.05) is 24.3 Å². The summed E-state index contributed by atoms with van der Waals surface area (Å²) in [5.74, 6) is -0.309. The van der Waals surface area contributed by atoms with Gasteiger partial charge in [-0.3, -0.25) is 9.59 Å². The first-order valence-electron chi connectivity index (χ1n) is 6.09. The van der Waals surface area contributed by atoms with Gasteiger partial charge in [0.25, 0.3) is 0 Å². The molecule has 0 saturated carbocycles. The molecule has 0 spiro atoms. The molecule has 1 rings (SSSR count). The summed E-state index contributed by atoms with van der Waals surface area (Å²) in [5, 5.41) is 2.80. The Balaban J connectivity index is 2.66. The highest BCUT2D eigenvalue weighted by Crippen LogP contribution is 2.11. The summed E-state index contributed by atoms with van der Waals surface area (Å²) < 4.78 is 0. The summed E-state index contributed by atoms with van der Waals surface area (Å²) in [6, 6.07) is 7.23. The maximum absolute atomic E-state index is 11.9. The van der Waals surface area contributed by atoms with Crippen molar-refractivity contribution in [2.45, 2.75) is 33.2 Å². The van der Waals surface area contributed by atoms with Crippen LogP contribution in [0.25, 0.3) is 0 Å². The first-order valence-corrected chi connectivity index (χ1v) is 6.09. The van der Waals surface area contributed by atoms with E-state index < -0.39 is 6.04 Å². The van der Waals surface area contributed by atoms with Crippen LogP contribution in [0.3, 0.4) is 0 Å². The van der Waals surface area contributed by atoms with Crippen molar-refractivity contribution in [3.05, 3.63) is 29.8 Å². The van der Waals surface area contributed by atoms with Gasteiger partial charge < -0.3 is 10.2 Å². The third-order valence-corrected chi connectivity index (χ3v) is 3.09. The van der Waals surface area contributed by atoms with Crippen LogP contribution in [-0.4, -0.2) is 29.8 Å². The van der Waals surface area contributed by atoms with E-state index in [2.05, 4.69) is 12.2 Å². The zero-order valence-corrected chi connectivity index (χ0v) is 11.4. The molecule has 0 aliphatic carbocycles. The fourth-order valence-corrected chi connectivity index (χ4v) is 1.52. The number of rotatable bonds is 4. The van der Waals surface area contributed by atoms with E-state index in [0.717, 1.165) is 12.1 Å². The van der Waals surface area contributed by atoms with E-state index in [-0.39, 0.29) is 11.8 Å². The molecule has 0 radical (unpaired) electrons. The van der Waals surface area contributed by atoms with Gasteiger partial charge in [0, 0.05) is 19.7 Å². The van der Waals surface area contributed by atoms with Crippen LogP contribution in [0.1, 0.15) is 26.3 Å². The maximum Gasteiger partial charge on any atom is 0.246 e. The molecule has 0 aromatic heterocycles. The van der Waals surface area contributed by atoms with E-state index in [4.69, 9.17) is 0 Å². The fraction of sp³-hybridized carbons (Fsp3) is 0.429. The summed E-state index contributed by atoms with van der Waals surface area (Å²) >= 11 is 0. The summed E-state index contributed by atoms with van der Waals surface area (Å²) in [7, 11) is 1.62. The van der Waals surface area contributed by atoms with Crippen LogP contribution < -0.4 is 5.32 Å². The number of hydrogen-bond donors (Lipinski definition) is 1. The minimum absolute atomic E-state index is 0.126. The minimum atomic E-state index is -0.478. The molecule has 1 aromatic carbocycles. The lowest BCUT2D eigenvalue weighted by Crippen LogP contribution is -2.42. The Morgan fingerprint density at radius 1 is 1.28 bits per heavy atom. The summed E-state index contributed by atoms with van der Waals surface area (Å²) in [5.41, 5.74) is 1.97. The third-order valence-electron chi connectivity index (χ3n) is 3.09. The van der Waals surface area contributed by atoms with E-state index in [1.165, 1.54) is 17.4 Å². The predicted octanol–water partition coefficient (Wildman–Crippen LogP) is 2.05. The summed E-state index contributed by atoms with van der Waals surface area (Å²) in [6.45, 7) is 5.23. The lowest BCUT2D eigenvalue weighted by molar-refractivity contribution is -0.134. The molecule has 1 aromatic rings. The Bertz CT molecular complexity index is 426. The molecule has 1 unspecified atom stereocenters. The normalized spacial score (nSPS) is 11.8. The molecule has 1 N–H and O–H groups in total. The lowest BCUT2D eigenvalue weighted by Gasteiger charge is -2.22. The molecule has 0 aliphatic rings. The lowest BCUT2D eigenvalue weighted by atomic mass is 10.1. The SMILES string of the molecule is CCc1ccc(NC(=O)C(C)N(C)C(C)=O)cc1. The van der Waals surface area contributed by atoms with Crippen molar-refractivity contribution in [3.8, 4) is 0 Å². The van der Waals surface area contributed by atoms with Gasteiger partial charge in [-0.1, -0.05) is 19.1 Å². The van der Waals surface area contributed by atoms with Crippen LogP contribution in [0.4, 0.5) is 5.69 Å². The maximum atomic E-state index is 11.9. The number of carbonyl (C=O) groups is 2. The first kappa shape index (κ1) is 14.2. The number of likely N-dealkylation sites (N-methyl/N-ethyl adjacent to an activating group) is 1. The Labute approximate surface area is 108 Å². The van der Waals surface area contributed by atoms with Gasteiger partial charge in [0.1, 0.15) is 6.04 Å². The zero-order chi connectivity index (χ0) is 13.7. The van der Waals surface area contributed by atoms with Crippen molar-refractivity contribution in [3.63, 3.8) is 0 Å². The largest absolute Gasteiger partial charge is 0.334 e. The monoisotopic (exact) mass is 248 g/mol. The number of aryl methyl sites for hydroxylation is 1. The van der Waals surface area contributed by atoms with E-state index in [9.17, 15) is 9.59 Å². The van der Waals surface area contributed by atoms with Gasteiger partial charge in [0.2, 0.25) is 11.8 Å². The molecule has 4 nitrogen and oxygen atoms in total. The van der Waals surface area contributed by atoms with Gasteiger partial charge >= 0.3 is 0 Å². The second-order valence-electron chi connectivity index (χ2n) is 4.35. The number of amides is 2. The molecule has 1 atom stereocenters. The summed E-state index contributed by atoms with van der Waals surface area (Å²) in [4.78, 5) is 24.5. The van der Waals surface area contributed by atoms with Gasteiger partial charge in [-0.2, -0.15) is 0 Å². The van der Waals surface area contributed by atoms with Gasteiger partial charge in [-0.05, 0) is 31.0 Å². The second kappa shape index (κ2) is 6.19. The molecular formula is C14H20N2O2. The molecule has 0 aliphatic heterocycles. The fourth-order valence-electron chi connectivity index (χ4n) is 1.52. The number of hydrogen-bond acceptors (Lipinski definition) is 2.